The molecule has 7 rings (SSSR count). The molecule has 188 valence electrons. The molecular formula is C31H21N5O3. The summed E-state index contributed by atoms with van der Waals surface area (Å²) in [6.45, 7) is 1.68. The van der Waals surface area contributed by atoms with Crippen LogP contribution in [-0.4, -0.2) is 43.8 Å². The topological polar surface area (TPSA) is 96.7 Å². The van der Waals surface area contributed by atoms with Crippen molar-refractivity contribution in [1.82, 2.24) is 19.5 Å². The van der Waals surface area contributed by atoms with Gasteiger partial charge in [0.2, 0.25) is 5.91 Å². The first-order chi connectivity index (χ1) is 19.0. The number of hydrogen-bond donors (Lipinski definition) is 1. The Kier molecular flexibility index (Phi) is 5.02. The molecule has 8 heteroatoms. The van der Waals surface area contributed by atoms with Crippen molar-refractivity contribution in [3.05, 3.63) is 108 Å². The maximum atomic E-state index is 12.8. The highest BCUT2D eigenvalue weighted by molar-refractivity contribution is 6.22. The molecule has 3 amide bonds. The molecule has 0 spiro atoms. The van der Waals surface area contributed by atoms with Crippen molar-refractivity contribution in [3.63, 3.8) is 0 Å². The summed E-state index contributed by atoms with van der Waals surface area (Å²) in [4.78, 5) is 43.9. The Hall–Kier alpha value is -5.37. The van der Waals surface area contributed by atoms with Gasteiger partial charge >= 0.3 is 0 Å². The van der Waals surface area contributed by atoms with Crippen molar-refractivity contribution < 1.29 is 14.4 Å². The molecule has 0 saturated carbocycles. The number of hydrogen-bond acceptors (Lipinski definition) is 5. The lowest BCUT2D eigenvalue weighted by Crippen LogP contribution is -2.37. The highest BCUT2D eigenvalue weighted by atomic mass is 16.2. The Labute approximate surface area is 222 Å². The average molecular weight is 512 g/mol. The van der Waals surface area contributed by atoms with Crippen molar-refractivity contribution in [2.24, 2.45) is 0 Å². The molecule has 3 heterocycles. The molecule has 1 aliphatic heterocycles. The summed E-state index contributed by atoms with van der Waals surface area (Å²) in [6, 6.07) is 28.3. The number of benzene rings is 4. The molecule has 0 unspecified atom stereocenters. The van der Waals surface area contributed by atoms with E-state index in [0.29, 0.717) is 28.0 Å². The van der Waals surface area contributed by atoms with Crippen LogP contribution in [0.2, 0.25) is 0 Å². The molecule has 6 aromatic rings. The van der Waals surface area contributed by atoms with E-state index in [4.69, 9.17) is 10.1 Å². The molecule has 2 aromatic heterocycles. The summed E-state index contributed by atoms with van der Waals surface area (Å²) in [5, 5.41) is 9.74. The molecule has 0 atom stereocenters. The summed E-state index contributed by atoms with van der Waals surface area (Å²) in [6.07, 6.45) is 0. The number of imide groups is 1. The minimum atomic E-state index is -0.474. The van der Waals surface area contributed by atoms with Crippen molar-refractivity contribution in [3.8, 4) is 11.3 Å². The fourth-order valence-corrected chi connectivity index (χ4v) is 5.11. The second-order valence-electron chi connectivity index (χ2n) is 9.60. The number of fused-ring (bicyclic) bond motifs is 6. The summed E-state index contributed by atoms with van der Waals surface area (Å²) in [7, 11) is 0. The van der Waals surface area contributed by atoms with E-state index in [0.717, 1.165) is 32.4 Å². The zero-order chi connectivity index (χ0) is 26.7. The molecule has 39 heavy (non-hydrogen) atoms. The van der Waals surface area contributed by atoms with Crippen LogP contribution in [0.1, 0.15) is 26.3 Å². The van der Waals surface area contributed by atoms with Crippen molar-refractivity contribution in [2.45, 2.75) is 6.92 Å². The molecule has 0 aliphatic carbocycles. The third-order valence-corrected chi connectivity index (χ3v) is 7.04. The number of aromatic nitrogens is 3. The van der Waals surface area contributed by atoms with E-state index in [1.54, 1.807) is 36.4 Å². The van der Waals surface area contributed by atoms with E-state index < -0.39 is 17.7 Å². The van der Waals surface area contributed by atoms with Crippen LogP contribution in [0.5, 0.6) is 0 Å². The molecule has 0 bridgehead atoms. The monoisotopic (exact) mass is 511 g/mol. The lowest BCUT2D eigenvalue weighted by Gasteiger charge is -2.13. The molecular weight excluding hydrogens is 490 g/mol. The van der Waals surface area contributed by atoms with Gasteiger partial charge in [0, 0.05) is 22.0 Å². The second-order valence-corrected chi connectivity index (χ2v) is 9.60. The number of imidazole rings is 1. The van der Waals surface area contributed by atoms with Gasteiger partial charge < -0.3 is 5.32 Å². The smallest absolute Gasteiger partial charge is 0.262 e. The van der Waals surface area contributed by atoms with E-state index in [1.165, 1.54) is 5.56 Å². The molecule has 8 nitrogen and oxygen atoms in total. The Morgan fingerprint density at radius 1 is 0.821 bits per heavy atom. The number of carbonyl (C=O) groups excluding carboxylic acids is 3. The predicted octanol–water partition coefficient (Wildman–Crippen LogP) is 5.25. The van der Waals surface area contributed by atoms with Crippen LogP contribution in [0, 0.1) is 6.92 Å². The highest BCUT2D eigenvalue weighted by Gasteiger charge is 2.36. The van der Waals surface area contributed by atoms with Crippen molar-refractivity contribution >= 4 is 50.9 Å². The van der Waals surface area contributed by atoms with Gasteiger partial charge in [-0.3, -0.25) is 19.3 Å². The van der Waals surface area contributed by atoms with Gasteiger partial charge in [0.05, 0.1) is 27.9 Å². The molecule has 1 aliphatic rings. The average Bonchev–Trinajstić information content (AvgIpc) is 3.43. The fourth-order valence-electron chi connectivity index (χ4n) is 5.11. The summed E-state index contributed by atoms with van der Waals surface area (Å²) in [5.74, 6) is -1.41. The Morgan fingerprint density at radius 3 is 2.21 bits per heavy atom. The van der Waals surface area contributed by atoms with E-state index in [1.807, 2.05) is 34.8 Å². The van der Waals surface area contributed by atoms with Gasteiger partial charge in [-0.15, -0.1) is 0 Å². The first-order valence-corrected chi connectivity index (χ1v) is 12.5. The number of nitrogens with one attached hydrogen (secondary N) is 1. The largest absolute Gasteiger partial charge is 0.324 e. The maximum absolute atomic E-state index is 12.8. The second kappa shape index (κ2) is 8.59. The van der Waals surface area contributed by atoms with Crippen LogP contribution >= 0.6 is 0 Å². The number of anilines is 1. The van der Waals surface area contributed by atoms with Crippen LogP contribution in [0.25, 0.3) is 38.7 Å². The van der Waals surface area contributed by atoms with E-state index in [9.17, 15) is 14.4 Å². The minimum absolute atomic E-state index is 0.311. The third kappa shape index (κ3) is 3.65. The van der Waals surface area contributed by atoms with Crippen molar-refractivity contribution in [1.29, 1.82) is 0 Å². The minimum Gasteiger partial charge on any atom is -0.324 e. The number of nitrogens with zero attached hydrogens (tertiary/aromatic N) is 4. The number of aryl methyl sites for hydroxylation is 1. The fraction of sp³-hybridized carbons (Fsp3) is 0.0645. The van der Waals surface area contributed by atoms with E-state index >= 15 is 0 Å². The van der Waals surface area contributed by atoms with E-state index in [2.05, 4.69) is 36.5 Å². The normalized spacial score (nSPS) is 13.0. The van der Waals surface area contributed by atoms with Gasteiger partial charge in [-0.2, -0.15) is 5.10 Å². The van der Waals surface area contributed by atoms with Gasteiger partial charge in [-0.1, -0.05) is 66.2 Å². The van der Waals surface area contributed by atoms with Crippen LogP contribution in [0.3, 0.4) is 0 Å². The standard InChI is InChI=1S/C31H21N5O3/c1-18-10-12-19(13-11-18)28-21-6-2-3-7-22(21)29-33-25-16-20(14-15-26(25)36(29)34-28)32-27(37)17-35-30(38)23-8-4-5-9-24(23)31(35)39/h2-16H,17H2,1H3,(H,32,37). The van der Waals surface area contributed by atoms with Crippen LogP contribution < -0.4 is 5.32 Å². The summed E-state index contributed by atoms with van der Waals surface area (Å²) in [5.41, 5.74) is 6.34. The van der Waals surface area contributed by atoms with Gasteiger partial charge in [-0.25, -0.2) is 9.50 Å². The lowest BCUT2D eigenvalue weighted by atomic mass is 10.0. The Bertz CT molecular complexity index is 1960. The molecule has 1 N–H and O–H groups in total. The van der Waals surface area contributed by atoms with Gasteiger partial charge in [0.1, 0.15) is 6.54 Å². The van der Waals surface area contributed by atoms with Gasteiger partial charge in [-0.05, 0) is 37.3 Å². The quantitative estimate of drug-likeness (QED) is 0.326. The van der Waals surface area contributed by atoms with Crippen LogP contribution in [0.15, 0.2) is 91.0 Å². The zero-order valence-electron chi connectivity index (χ0n) is 20.9. The first kappa shape index (κ1) is 22.8. The molecule has 4 aromatic carbocycles. The molecule has 0 saturated heterocycles. The number of carbonyl (C=O) groups is 3. The highest BCUT2D eigenvalue weighted by Crippen LogP contribution is 2.32. The lowest BCUT2D eigenvalue weighted by molar-refractivity contribution is -0.116. The predicted molar refractivity (Wildman–Crippen MR) is 149 cm³/mol. The summed E-state index contributed by atoms with van der Waals surface area (Å²) < 4.78 is 1.83. The molecule has 0 radical (unpaired) electrons. The summed E-state index contributed by atoms with van der Waals surface area (Å²) >= 11 is 0. The van der Waals surface area contributed by atoms with Crippen LogP contribution in [0.4, 0.5) is 5.69 Å². The van der Waals surface area contributed by atoms with E-state index in [-0.39, 0.29) is 6.54 Å². The number of rotatable bonds is 4. The van der Waals surface area contributed by atoms with Crippen LogP contribution in [-0.2, 0) is 4.79 Å². The van der Waals surface area contributed by atoms with Crippen molar-refractivity contribution in [2.75, 3.05) is 11.9 Å². The van der Waals surface area contributed by atoms with Gasteiger partial charge in [0.15, 0.2) is 5.65 Å². The van der Waals surface area contributed by atoms with Gasteiger partial charge in [0.25, 0.3) is 11.8 Å². The molecule has 0 fully saturated rings. The first-order valence-electron chi connectivity index (χ1n) is 12.5. The zero-order valence-corrected chi connectivity index (χ0v) is 20.9. The number of amides is 3. The Morgan fingerprint density at radius 2 is 1.49 bits per heavy atom. The maximum Gasteiger partial charge on any atom is 0.262 e. The third-order valence-electron chi connectivity index (χ3n) is 7.04. The SMILES string of the molecule is Cc1ccc(-c2nn3c4ccc(NC(=O)CN5C(=O)c6ccccc6C5=O)cc4nc3c3ccccc23)cc1. The Balaban J connectivity index is 1.23.